The lowest BCUT2D eigenvalue weighted by molar-refractivity contribution is -0.126. The third-order valence-corrected chi connectivity index (χ3v) is 5.66. The molecule has 2 unspecified atom stereocenters. The Balaban J connectivity index is 2.12. The van der Waals surface area contributed by atoms with Crippen LogP contribution in [0.25, 0.3) is 0 Å². The third kappa shape index (κ3) is 4.15. The average molecular weight is 327 g/mol. The van der Waals surface area contributed by atoms with Gasteiger partial charge in [-0.15, -0.1) is 11.8 Å². The number of hydrogen-bond acceptors (Lipinski definition) is 3. The van der Waals surface area contributed by atoms with Gasteiger partial charge in [0, 0.05) is 16.2 Å². The minimum atomic E-state index is -0.578. The maximum Gasteiger partial charge on any atom is 0.237 e. The summed E-state index contributed by atoms with van der Waals surface area (Å²) in [5.41, 5.74) is 5.12. The number of halogens is 1. The van der Waals surface area contributed by atoms with Crippen LogP contribution >= 0.6 is 23.4 Å². The number of thioether (sulfide) groups is 1. The topological polar surface area (TPSA) is 55.1 Å². The normalized spacial score (nSPS) is 26.0. The molecule has 0 saturated heterocycles. The van der Waals surface area contributed by atoms with E-state index in [1.807, 2.05) is 24.3 Å². The van der Waals surface area contributed by atoms with Crippen molar-refractivity contribution in [3.05, 3.63) is 29.3 Å². The Morgan fingerprint density at radius 2 is 2.19 bits per heavy atom. The van der Waals surface area contributed by atoms with Crippen molar-refractivity contribution in [1.82, 2.24) is 5.32 Å². The number of carbonyl (C=O) groups is 1. The molecule has 1 amide bonds. The van der Waals surface area contributed by atoms with Gasteiger partial charge in [0.05, 0.1) is 10.6 Å². The lowest BCUT2D eigenvalue weighted by atomic mass is 9.80. The highest BCUT2D eigenvalue weighted by atomic mass is 35.5. The summed E-state index contributed by atoms with van der Waals surface area (Å²) in [6.45, 7) is 4.10. The molecule has 1 saturated carbocycles. The molecular formula is C16H23ClN2OS. The van der Waals surface area contributed by atoms with Crippen LogP contribution < -0.4 is 11.1 Å². The van der Waals surface area contributed by atoms with Crippen LogP contribution in [0.15, 0.2) is 29.2 Å². The van der Waals surface area contributed by atoms with E-state index >= 15 is 0 Å². The second kappa shape index (κ2) is 7.03. The highest BCUT2D eigenvalue weighted by Crippen LogP contribution is 2.40. The molecule has 0 aromatic heterocycles. The average Bonchev–Trinajstić information content (AvgIpc) is 2.41. The summed E-state index contributed by atoms with van der Waals surface area (Å²) in [5.74, 6) is -0.236. The van der Waals surface area contributed by atoms with Crippen molar-refractivity contribution in [2.45, 2.75) is 61.3 Å². The van der Waals surface area contributed by atoms with E-state index in [0.29, 0.717) is 5.25 Å². The Hall–Kier alpha value is -0.710. The number of carbonyl (C=O) groups excluding carboxylic acids is 1. The molecule has 5 heteroatoms. The van der Waals surface area contributed by atoms with Crippen LogP contribution in [0, 0.1) is 0 Å². The molecule has 0 aliphatic heterocycles. The fraction of sp³-hybridized carbons (Fsp3) is 0.562. The minimum Gasteiger partial charge on any atom is -0.368 e. The first-order valence-corrected chi connectivity index (χ1v) is 8.67. The fourth-order valence-electron chi connectivity index (χ4n) is 3.02. The number of nitrogens with one attached hydrogen (secondary N) is 1. The van der Waals surface area contributed by atoms with Gasteiger partial charge in [-0.3, -0.25) is 4.79 Å². The van der Waals surface area contributed by atoms with Crippen molar-refractivity contribution in [3.63, 3.8) is 0 Å². The largest absolute Gasteiger partial charge is 0.368 e. The molecule has 21 heavy (non-hydrogen) atoms. The zero-order valence-electron chi connectivity index (χ0n) is 12.6. The quantitative estimate of drug-likeness (QED) is 0.869. The van der Waals surface area contributed by atoms with Gasteiger partial charge < -0.3 is 11.1 Å². The SMILES string of the molecule is CC(C)NC1(C(N)=O)CCCC(Sc2ccccc2Cl)C1. The molecule has 1 aromatic rings. The number of benzene rings is 1. The summed E-state index contributed by atoms with van der Waals surface area (Å²) in [4.78, 5) is 13.1. The first-order valence-electron chi connectivity index (χ1n) is 7.42. The highest BCUT2D eigenvalue weighted by Gasteiger charge is 2.41. The smallest absolute Gasteiger partial charge is 0.237 e. The molecule has 2 rings (SSSR count). The summed E-state index contributed by atoms with van der Waals surface area (Å²) in [5, 5.41) is 4.54. The Morgan fingerprint density at radius 3 is 2.81 bits per heavy atom. The van der Waals surface area contributed by atoms with Crippen LogP contribution in [-0.4, -0.2) is 22.7 Å². The summed E-state index contributed by atoms with van der Waals surface area (Å²) < 4.78 is 0. The van der Waals surface area contributed by atoms with Crippen molar-refractivity contribution in [3.8, 4) is 0 Å². The molecule has 1 aromatic carbocycles. The molecule has 2 atom stereocenters. The van der Waals surface area contributed by atoms with Crippen LogP contribution in [-0.2, 0) is 4.79 Å². The molecule has 0 spiro atoms. The summed E-state index contributed by atoms with van der Waals surface area (Å²) in [6, 6.07) is 8.09. The molecular weight excluding hydrogens is 304 g/mol. The maximum absolute atomic E-state index is 12.0. The molecule has 0 heterocycles. The predicted molar refractivity (Wildman–Crippen MR) is 89.8 cm³/mol. The molecule has 0 radical (unpaired) electrons. The standard InChI is InChI=1S/C16H23ClN2OS/c1-11(2)19-16(15(18)20)9-5-6-12(10-16)21-14-8-4-3-7-13(14)17/h3-4,7-8,11-12,19H,5-6,9-10H2,1-2H3,(H2,18,20). The number of rotatable bonds is 5. The molecule has 1 aliphatic rings. The minimum absolute atomic E-state index is 0.236. The third-order valence-electron chi connectivity index (χ3n) is 3.87. The predicted octanol–water partition coefficient (Wildman–Crippen LogP) is 3.60. The van der Waals surface area contributed by atoms with Crippen molar-refractivity contribution < 1.29 is 4.79 Å². The van der Waals surface area contributed by atoms with E-state index in [9.17, 15) is 4.79 Å². The van der Waals surface area contributed by atoms with E-state index in [0.717, 1.165) is 35.6 Å². The highest BCUT2D eigenvalue weighted by molar-refractivity contribution is 8.00. The molecule has 3 nitrogen and oxygen atoms in total. The zero-order valence-corrected chi connectivity index (χ0v) is 14.1. The van der Waals surface area contributed by atoms with Gasteiger partial charge in [0.1, 0.15) is 0 Å². The van der Waals surface area contributed by atoms with E-state index in [1.54, 1.807) is 11.8 Å². The van der Waals surface area contributed by atoms with Gasteiger partial charge in [-0.05, 0) is 51.7 Å². The van der Waals surface area contributed by atoms with Gasteiger partial charge in [-0.25, -0.2) is 0 Å². The Kier molecular flexibility index (Phi) is 5.58. The lowest BCUT2D eigenvalue weighted by Gasteiger charge is -2.40. The van der Waals surface area contributed by atoms with Gasteiger partial charge in [0.25, 0.3) is 0 Å². The summed E-state index contributed by atoms with van der Waals surface area (Å²) in [7, 11) is 0. The van der Waals surface area contributed by atoms with Crippen LogP contribution in [0.3, 0.4) is 0 Å². The Bertz CT molecular complexity index is 509. The molecule has 1 fully saturated rings. The lowest BCUT2D eigenvalue weighted by Crippen LogP contribution is -2.60. The number of nitrogens with two attached hydrogens (primary N) is 1. The van der Waals surface area contributed by atoms with Gasteiger partial charge in [0.15, 0.2) is 0 Å². The second-order valence-electron chi connectivity index (χ2n) is 6.01. The van der Waals surface area contributed by atoms with Gasteiger partial charge in [-0.2, -0.15) is 0 Å². The summed E-state index contributed by atoms with van der Waals surface area (Å²) in [6.07, 6.45) is 3.67. The van der Waals surface area contributed by atoms with Crippen molar-refractivity contribution >= 4 is 29.3 Å². The Morgan fingerprint density at radius 1 is 1.48 bits per heavy atom. The van der Waals surface area contributed by atoms with E-state index in [4.69, 9.17) is 17.3 Å². The monoisotopic (exact) mass is 326 g/mol. The zero-order chi connectivity index (χ0) is 15.5. The van der Waals surface area contributed by atoms with Gasteiger partial charge >= 0.3 is 0 Å². The van der Waals surface area contributed by atoms with Crippen LogP contribution in [0.1, 0.15) is 39.5 Å². The molecule has 0 bridgehead atoms. The van der Waals surface area contributed by atoms with Gasteiger partial charge in [0.2, 0.25) is 5.91 Å². The van der Waals surface area contributed by atoms with E-state index in [2.05, 4.69) is 19.2 Å². The van der Waals surface area contributed by atoms with Crippen molar-refractivity contribution in [2.75, 3.05) is 0 Å². The van der Waals surface area contributed by atoms with Crippen molar-refractivity contribution in [2.24, 2.45) is 5.73 Å². The summed E-state index contributed by atoms with van der Waals surface area (Å²) >= 11 is 7.99. The second-order valence-corrected chi connectivity index (χ2v) is 7.76. The first-order chi connectivity index (χ1) is 9.93. The Labute approximate surface area is 136 Å². The van der Waals surface area contributed by atoms with Crippen LogP contribution in [0.4, 0.5) is 0 Å². The number of amides is 1. The van der Waals surface area contributed by atoms with Gasteiger partial charge in [-0.1, -0.05) is 23.7 Å². The molecule has 1 aliphatic carbocycles. The number of primary amides is 1. The van der Waals surface area contributed by atoms with E-state index < -0.39 is 5.54 Å². The molecule has 3 N–H and O–H groups in total. The van der Waals surface area contributed by atoms with Crippen LogP contribution in [0.5, 0.6) is 0 Å². The molecule has 116 valence electrons. The maximum atomic E-state index is 12.0. The number of hydrogen-bond donors (Lipinski definition) is 2. The fourth-order valence-corrected chi connectivity index (χ4v) is 4.64. The first kappa shape index (κ1) is 16.7. The van der Waals surface area contributed by atoms with Crippen LogP contribution in [0.2, 0.25) is 5.02 Å². The van der Waals surface area contributed by atoms with E-state index in [1.165, 1.54) is 0 Å². The van der Waals surface area contributed by atoms with Crippen molar-refractivity contribution in [1.29, 1.82) is 0 Å². The van der Waals surface area contributed by atoms with E-state index in [-0.39, 0.29) is 11.9 Å².